The second-order valence-electron chi connectivity index (χ2n) is 6.24. The van der Waals surface area contributed by atoms with Crippen LogP contribution in [-0.2, 0) is 16.0 Å². The summed E-state index contributed by atoms with van der Waals surface area (Å²) in [4.78, 5) is 9.78. The maximum absolute atomic E-state index is 6.22. The molecule has 2 aliphatic heterocycles. The number of nitrogens with one attached hydrogen (secondary N) is 1. The van der Waals surface area contributed by atoms with E-state index >= 15 is 0 Å². The first-order valence-corrected chi connectivity index (χ1v) is 7.62. The molecule has 5 heteroatoms. The predicted octanol–water partition coefficient (Wildman–Crippen LogP) is 1.82. The highest BCUT2D eigenvalue weighted by atomic mass is 16.5. The lowest BCUT2D eigenvalue weighted by Gasteiger charge is -2.39. The standard InChI is InChI=1S/C15H25N3O2/c1-19-6-3-13-7-15(20-10-13)4-2-5-18(11-15)9-14-8-16-12-17-14/h8,12-13H,2-7,9-11H2,1H3,(H,16,17)/t13-,15-/m1/s1. The number of methoxy groups -OCH3 is 1. The first kappa shape index (κ1) is 14.0. The third-order valence-corrected chi connectivity index (χ3v) is 4.58. The Labute approximate surface area is 120 Å². The molecule has 0 saturated carbocycles. The lowest BCUT2D eigenvalue weighted by molar-refractivity contribution is -0.0538. The fourth-order valence-electron chi connectivity index (χ4n) is 3.63. The van der Waals surface area contributed by atoms with Gasteiger partial charge in [-0.1, -0.05) is 0 Å². The van der Waals surface area contributed by atoms with Crippen LogP contribution in [0.3, 0.4) is 0 Å². The topological polar surface area (TPSA) is 50.4 Å². The van der Waals surface area contributed by atoms with Crippen molar-refractivity contribution in [3.8, 4) is 0 Å². The minimum Gasteiger partial charge on any atom is -0.385 e. The summed E-state index contributed by atoms with van der Waals surface area (Å²) in [6.45, 7) is 4.92. The Morgan fingerprint density at radius 1 is 1.60 bits per heavy atom. The van der Waals surface area contributed by atoms with Gasteiger partial charge in [-0.15, -0.1) is 0 Å². The smallest absolute Gasteiger partial charge is 0.0922 e. The van der Waals surface area contributed by atoms with Crippen LogP contribution in [0, 0.1) is 5.92 Å². The molecule has 112 valence electrons. The average molecular weight is 279 g/mol. The van der Waals surface area contributed by atoms with Crippen molar-refractivity contribution in [1.29, 1.82) is 0 Å². The molecule has 1 aromatic heterocycles. The van der Waals surface area contributed by atoms with Gasteiger partial charge in [-0.25, -0.2) is 4.98 Å². The molecule has 2 fully saturated rings. The van der Waals surface area contributed by atoms with Gasteiger partial charge in [-0.05, 0) is 38.1 Å². The largest absolute Gasteiger partial charge is 0.385 e. The molecule has 1 spiro atoms. The fraction of sp³-hybridized carbons (Fsp3) is 0.800. The van der Waals surface area contributed by atoms with E-state index in [9.17, 15) is 0 Å². The molecule has 1 N–H and O–H groups in total. The third kappa shape index (κ3) is 3.22. The van der Waals surface area contributed by atoms with Crippen molar-refractivity contribution >= 4 is 0 Å². The number of piperidine rings is 1. The minimum absolute atomic E-state index is 0.0939. The van der Waals surface area contributed by atoms with E-state index in [1.165, 1.54) is 25.0 Å². The maximum atomic E-state index is 6.22. The summed E-state index contributed by atoms with van der Waals surface area (Å²) >= 11 is 0. The Bertz CT molecular complexity index is 409. The molecule has 1 aromatic rings. The molecule has 0 aliphatic carbocycles. The van der Waals surface area contributed by atoms with Gasteiger partial charge in [-0.2, -0.15) is 0 Å². The van der Waals surface area contributed by atoms with Gasteiger partial charge in [0.05, 0.1) is 18.5 Å². The summed E-state index contributed by atoms with van der Waals surface area (Å²) in [5.41, 5.74) is 1.28. The van der Waals surface area contributed by atoms with Crippen LogP contribution in [-0.4, -0.2) is 53.9 Å². The summed E-state index contributed by atoms with van der Waals surface area (Å²) < 4.78 is 11.4. The van der Waals surface area contributed by atoms with E-state index in [0.29, 0.717) is 5.92 Å². The van der Waals surface area contributed by atoms with Gasteiger partial charge in [0.25, 0.3) is 0 Å². The van der Waals surface area contributed by atoms with Gasteiger partial charge in [0, 0.05) is 38.7 Å². The van der Waals surface area contributed by atoms with E-state index < -0.39 is 0 Å². The minimum atomic E-state index is 0.0939. The number of aromatic amines is 1. The van der Waals surface area contributed by atoms with Crippen LogP contribution in [0.5, 0.6) is 0 Å². The summed E-state index contributed by atoms with van der Waals surface area (Å²) in [5.74, 6) is 0.669. The Morgan fingerprint density at radius 3 is 3.35 bits per heavy atom. The van der Waals surface area contributed by atoms with E-state index in [-0.39, 0.29) is 5.60 Å². The number of imidazole rings is 1. The van der Waals surface area contributed by atoms with Gasteiger partial charge in [-0.3, -0.25) is 4.90 Å². The summed E-state index contributed by atoms with van der Waals surface area (Å²) in [6, 6.07) is 0. The van der Waals surface area contributed by atoms with Crippen molar-refractivity contribution in [2.75, 3.05) is 33.4 Å². The van der Waals surface area contributed by atoms with Crippen molar-refractivity contribution in [2.24, 2.45) is 5.92 Å². The van der Waals surface area contributed by atoms with Crippen molar-refractivity contribution in [2.45, 2.75) is 37.8 Å². The van der Waals surface area contributed by atoms with E-state index in [1.807, 2.05) is 6.20 Å². The highest BCUT2D eigenvalue weighted by Crippen LogP contribution is 2.38. The molecule has 2 aliphatic rings. The zero-order chi connectivity index (χ0) is 13.8. The first-order chi connectivity index (χ1) is 9.80. The van der Waals surface area contributed by atoms with Crippen LogP contribution in [0.2, 0.25) is 0 Å². The monoisotopic (exact) mass is 279 g/mol. The number of nitrogens with zero attached hydrogens (tertiary/aromatic N) is 2. The lowest BCUT2D eigenvalue weighted by atomic mass is 9.85. The van der Waals surface area contributed by atoms with Crippen LogP contribution >= 0.6 is 0 Å². The van der Waals surface area contributed by atoms with Crippen molar-refractivity contribution in [3.63, 3.8) is 0 Å². The number of ether oxygens (including phenoxy) is 2. The number of hydrogen-bond donors (Lipinski definition) is 1. The number of aromatic nitrogens is 2. The van der Waals surface area contributed by atoms with Gasteiger partial charge < -0.3 is 14.5 Å². The number of hydrogen-bond acceptors (Lipinski definition) is 4. The van der Waals surface area contributed by atoms with Gasteiger partial charge in [0.1, 0.15) is 0 Å². The zero-order valence-electron chi connectivity index (χ0n) is 12.3. The lowest BCUT2D eigenvalue weighted by Crippen LogP contribution is -2.47. The van der Waals surface area contributed by atoms with Crippen molar-refractivity contribution in [3.05, 3.63) is 18.2 Å². The molecule has 0 unspecified atom stereocenters. The third-order valence-electron chi connectivity index (χ3n) is 4.58. The average Bonchev–Trinajstić information content (AvgIpc) is 3.07. The van der Waals surface area contributed by atoms with E-state index in [1.54, 1.807) is 13.4 Å². The number of H-pyrrole nitrogens is 1. The Morgan fingerprint density at radius 2 is 2.55 bits per heavy atom. The second kappa shape index (κ2) is 6.24. The summed E-state index contributed by atoms with van der Waals surface area (Å²) in [5, 5.41) is 0. The summed E-state index contributed by atoms with van der Waals surface area (Å²) in [6.07, 6.45) is 8.41. The molecule has 0 bridgehead atoms. The molecule has 2 saturated heterocycles. The molecular weight excluding hydrogens is 254 g/mol. The van der Waals surface area contributed by atoms with Crippen LogP contribution in [0.15, 0.2) is 12.5 Å². The molecule has 0 amide bonds. The van der Waals surface area contributed by atoms with Gasteiger partial charge in [0.2, 0.25) is 0 Å². The number of likely N-dealkylation sites (tertiary alicyclic amines) is 1. The Kier molecular flexibility index (Phi) is 4.38. The Balaban J connectivity index is 1.55. The summed E-state index contributed by atoms with van der Waals surface area (Å²) in [7, 11) is 1.78. The molecule has 3 heterocycles. The Hall–Kier alpha value is -0.910. The van der Waals surface area contributed by atoms with Gasteiger partial charge >= 0.3 is 0 Å². The molecule has 0 radical (unpaired) electrons. The van der Waals surface area contributed by atoms with Crippen molar-refractivity contribution in [1.82, 2.24) is 14.9 Å². The predicted molar refractivity (Wildman–Crippen MR) is 76.4 cm³/mol. The molecule has 2 atom stereocenters. The molecule has 20 heavy (non-hydrogen) atoms. The zero-order valence-corrected chi connectivity index (χ0v) is 12.3. The normalized spacial score (nSPS) is 31.1. The van der Waals surface area contributed by atoms with E-state index in [4.69, 9.17) is 9.47 Å². The molecule has 5 nitrogen and oxygen atoms in total. The van der Waals surface area contributed by atoms with Gasteiger partial charge in [0.15, 0.2) is 0 Å². The molecule has 0 aromatic carbocycles. The quantitative estimate of drug-likeness (QED) is 0.893. The second-order valence-corrected chi connectivity index (χ2v) is 6.24. The molecule has 3 rings (SSSR count). The fourth-order valence-corrected chi connectivity index (χ4v) is 3.63. The number of rotatable bonds is 5. The van der Waals surface area contributed by atoms with Crippen molar-refractivity contribution < 1.29 is 9.47 Å². The van der Waals surface area contributed by atoms with E-state index in [0.717, 1.165) is 39.3 Å². The first-order valence-electron chi connectivity index (χ1n) is 7.62. The highest BCUT2D eigenvalue weighted by Gasteiger charge is 2.43. The van der Waals surface area contributed by atoms with Crippen LogP contribution in [0.4, 0.5) is 0 Å². The SMILES string of the molecule is COCC[C@H]1CO[C@]2(CCCN(Cc3cnc[nH]3)C2)C1. The van der Waals surface area contributed by atoms with Crippen LogP contribution < -0.4 is 0 Å². The van der Waals surface area contributed by atoms with Crippen LogP contribution in [0.1, 0.15) is 31.4 Å². The maximum Gasteiger partial charge on any atom is 0.0922 e. The van der Waals surface area contributed by atoms with Crippen LogP contribution in [0.25, 0.3) is 0 Å². The highest BCUT2D eigenvalue weighted by molar-refractivity contribution is 4.99. The van der Waals surface area contributed by atoms with E-state index in [2.05, 4.69) is 14.9 Å². The molecular formula is C15H25N3O2.